The lowest BCUT2D eigenvalue weighted by Crippen LogP contribution is -1.96. The Morgan fingerprint density at radius 3 is 1.73 bits per heavy atom. The highest BCUT2D eigenvalue weighted by atomic mass is 32.1. The van der Waals surface area contributed by atoms with Gasteiger partial charge in [0.15, 0.2) is 5.82 Å². The molecule has 4 nitrogen and oxygen atoms in total. The third-order valence-corrected chi connectivity index (χ3v) is 11.8. The zero-order chi connectivity index (χ0) is 37.0. The standard InChI is InChI=1S/C51H32N4S/c1-4-15-33(16-5-1)42-32-43(53-51(52-42)41-24-14-26-46-48(41)40-23-12-13-25-45(40)56-46)34-27-29-37(30-28-34)49-47(36-19-8-3-9-20-36)50-39-22-11-10-21-38(39)31-44(55(50)54-49)35-17-6-2-7-18-35/h1-32H. The van der Waals surface area contributed by atoms with Crippen LogP contribution in [0.15, 0.2) is 194 Å². The molecule has 262 valence electrons. The van der Waals surface area contributed by atoms with Crippen molar-refractivity contribution in [2.75, 3.05) is 0 Å². The van der Waals surface area contributed by atoms with Crippen molar-refractivity contribution in [3.05, 3.63) is 194 Å². The number of hydrogen-bond donors (Lipinski definition) is 0. The molecule has 4 heterocycles. The monoisotopic (exact) mass is 732 g/mol. The molecule has 4 aromatic heterocycles. The molecule has 0 amide bonds. The second kappa shape index (κ2) is 13.3. The average Bonchev–Trinajstić information content (AvgIpc) is 3.87. The molecule has 0 spiro atoms. The molecule has 7 aromatic carbocycles. The predicted molar refractivity (Wildman–Crippen MR) is 234 cm³/mol. The van der Waals surface area contributed by atoms with Crippen molar-refractivity contribution in [3.63, 3.8) is 0 Å². The van der Waals surface area contributed by atoms with Crippen molar-refractivity contribution in [2.24, 2.45) is 0 Å². The molecule has 11 rings (SSSR count). The van der Waals surface area contributed by atoms with Crippen molar-refractivity contribution in [1.29, 1.82) is 0 Å². The summed E-state index contributed by atoms with van der Waals surface area (Å²) < 4.78 is 4.63. The fraction of sp³-hybridized carbons (Fsp3) is 0. The Balaban J connectivity index is 1.11. The Morgan fingerprint density at radius 1 is 0.429 bits per heavy atom. The van der Waals surface area contributed by atoms with Gasteiger partial charge in [0.2, 0.25) is 0 Å². The van der Waals surface area contributed by atoms with Crippen molar-refractivity contribution >= 4 is 47.8 Å². The molecule has 0 aliphatic rings. The fourth-order valence-electron chi connectivity index (χ4n) is 8.02. The minimum atomic E-state index is 0.714. The van der Waals surface area contributed by atoms with E-state index in [1.165, 1.54) is 25.6 Å². The molecule has 56 heavy (non-hydrogen) atoms. The van der Waals surface area contributed by atoms with E-state index in [2.05, 4.69) is 193 Å². The van der Waals surface area contributed by atoms with Gasteiger partial charge in [0.25, 0.3) is 0 Å². The smallest absolute Gasteiger partial charge is 0.161 e. The van der Waals surface area contributed by atoms with Crippen molar-refractivity contribution in [3.8, 4) is 67.5 Å². The highest BCUT2D eigenvalue weighted by molar-refractivity contribution is 7.25. The molecular formula is C51H32N4S. The molecule has 0 aliphatic heterocycles. The van der Waals surface area contributed by atoms with Crippen LogP contribution >= 0.6 is 11.3 Å². The highest BCUT2D eigenvalue weighted by Gasteiger charge is 2.22. The van der Waals surface area contributed by atoms with Crippen LogP contribution in [0.2, 0.25) is 0 Å². The third kappa shape index (κ3) is 5.40. The van der Waals surface area contributed by atoms with Gasteiger partial charge in [-0.1, -0.05) is 170 Å². The summed E-state index contributed by atoms with van der Waals surface area (Å²) in [5.74, 6) is 0.714. The van der Waals surface area contributed by atoms with Gasteiger partial charge in [-0.05, 0) is 35.2 Å². The summed E-state index contributed by atoms with van der Waals surface area (Å²) in [4.78, 5) is 10.5. The first-order chi connectivity index (χ1) is 27.8. The summed E-state index contributed by atoms with van der Waals surface area (Å²) in [5, 5.41) is 10.2. The van der Waals surface area contributed by atoms with Gasteiger partial charge < -0.3 is 0 Å². The molecule has 5 heteroatoms. The van der Waals surface area contributed by atoms with E-state index in [0.29, 0.717) is 5.82 Å². The Morgan fingerprint density at radius 2 is 1.00 bits per heavy atom. The van der Waals surface area contributed by atoms with E-state index in [0.717, 1.165) is 72.6 Å². The average molecular weight is 733 g/mol. The van der Waals surface area contributed by atoms with Crippen LogP contribution in [0, 0.1) is 0 Å². The van der Waals surface area contributed by atoms with E-state index < -0.39 is 0 Å². The Hall–Kier alpha value is -7.21. The van der Waals surface area contributed by atoms with Gasteiger partial charge in [-0.25, -0.2) is 14.5 Å². The van der Waals surface area contributed by atoms with Gasteiger partial charge in [0.05, 0.1) is 22.6 Å². The van der Waals surface area contributed by atoms with E-state index in [-0.39, 0.29) is 0 Å². The summed E-state index contributed by atoms with van der Waals surface area (Å²) in [6.07, 6.45) is 0. The lowest BCUT2D eigenvalue weighted by atomic mass is 9.96. The maximum atomic E-state index is 5.44. The molecule has 0 radical (unpaired) electrons. The van der Waals surface area contributed by atoms with E-state index in [1.807, 2.05) is 17.4 Å². The maximum Gasteiger partial charge on any atom is 0.161 e. The number of aromatic nitrogens is 4. The van der Waals surface area contributed by atoms with Crippen LogP contribution in [-0.2, 0) is 0 Å². The quantitative estimate of drug-likeness (QED) is 0.171. The largest absolute Gasteiger partial charge is 0.231 e. The minimum absolute atomic E-state index is 0.714. The summed E-state index contributed by atoms with van der Waals surface area (Å²) in [5.41, 5.74) is 12.3. The van der Waals surface area contributed by atoms with E-state index in [9.17, 15) is 0 Å². The van der Waals surface area contributed by atoms with E-state index in [4.69, 9.17) is 15.1 Å². The van der Waals surface area contributed by atoms with Crippen molar-refractivity contribution in [2.45, 2.75) is 0 Å². The summed E-state index contributed by atoms with van der Waals surface area (Å²) in [7, 11) is 0. The number of nitrogens with zero attached hydrogens (tertiary/aromatic N) is 4. The molecule has 0 unspecified atom stereocenters. The van der Waals surface area contributed by atoms with Gasteiger partial charge in [0, 0.05) is 58.9 Å². The zero-order valence-corrected chi connectivity index (χ0v) is 31.0. The predicted octanol–water partition coefficient (Wildman–Crippen LogP) is 13.6. The van der Waals surface area contributed by atoms with E-state index >= 15 is 0 Å². The number of fused-ring (bicyclic) bond motifs is 6. The van der Waals surface area contributed by atoms with Gasteiger partial charge in [-0.3, -0.25) is 0 Å². The number of pyridine rings is 1. The minimum Gasteiger partial charge on any atom is -0.231 e. The number of hydrogen-bond acceptors (Lipinski definition) is 4. The van der Waals surface area contributed by atoms with Crippen molar-refractivity contribution in [1.82, 2.24) is 19.6 Å². The van der Waals surface area contributed by atoms with Gasteiger partial charge >= 0.3 is 0 Å². The lowest BCUT2D eigenvalue weighted by molar-refractivity contribution is 0.979. The first-order valence-electron chi connectivity index (χ1n) is 18.8. The highest BCUT2D eigenvalue weighted by Crippen LogP contribution is 2.42. The fourth-order valence-corrected chi connectivity index (χ4v) is 9.15. The van der Waals surface area contributed by atoms with Crippen LogP contribution in [0.4, 0.5) is 0 Å². The van der Waals surface area contributed by atoms with Crippen molar-refractivity contribution < 1.29 is 0 Å². The summed E-state index contributed by atoms with van der Waals surface area (Å²) >= 11 is 1.81. The Bertz CT molecular complexity index is 3220. The lowest BCUT2D eigenvalue weighted by Gasteiger charge is -2.11. The van der Waals surface area contributed by atoms with Crippen LogP contribution < -0.4 is 0 Å². The summed E-state index contributed by atoms with van der Waals surface area (Å²) in [6.45, 7) is 0. The van der Waals surface area contributed by atoms with Gasteiger partial charge in [-0.15, -0.1) is 11.3 Å². The first kappa shape index (κ1) is 32.2. The molecule has 0 fully saturated rings. The maximum absolute atomic E-state index is 5.44. The van der Waals surface area contributed by atoms with Crippen LogP contribution in [0.3, 0.4) is 0 Å². The van der Waals surface area contributed by atoms with Crippen LogP contribution in [0.25, 0.3) is 104 Å². The zero-order valence-electron chi connectivity index (χ0n) is 30.2. The third-order valence-electron chi connectivity index (χ3n) is 10.6. The molecule has 0 saturated carbocycles. The second-order valence-electron chi connectivity index (χ2n) is 14.0. The van der Waals surface area contributed by atoms with Gasteiger partial charge in [0.1, 0.15) is 5.69 Å². The SMILES string of the molecule is c1ccc(-c2cc(-c3ccc(-c4nn5c(-c6ccccc6)cc6ccccc6c5c4-c4ccccc4)cc3)nc(-c3cccc4sc5ccccc5c34)n2)cc1. The number of rotatable bonds is 6. The van der Waals surface area contributed by atoms with Crippen LogP contribution in [0.1, 0.15) is 0 Å². The molecule has 0 saturated heterocycles. The second-order valence-corrected chi connectivity index (χ2v) is 15.1. The molecular weight excluding hydrogens is 701 g/mol. The molecule has 0 aliphatic carbocycles. The summed E-state index contributed by atoms with van der Waals surface area (Å²) in [6, 6.07) is 68.3. The Labute approximate surface area is 327 Å². The van der Waals surface area contributed by atoms with Crippen LogP contribution in [-0.4, -0.2) is 19.6 Å². The van der Waals surface area contributed by atoms with Gasteiger partial charge in [-0.2, -0.15) is 5.10 Å². The molecule has 0 atom stereocenters. The molecule has 0 bridgehead atoms. The van der Waals surface area contributed by atoms with Crippen LogP contribution in [0.5, 0.6) is 0 Å². The first-order valence-corrected chi connectivity index (χ1v) is 19.6. The topological polar surface area (TPSA) is 43.1 Å². The Kier molecular flexibility index (Phi) is 7.64. The van der Waals surface area contributed by atoms with E-state index in [1.54, 1.807) is 0 Å². The molecule has 11 aromatic rings. The molecule has 0 N–H and O–H groups in total. The number of benzene rings is 7. The normalized spacial score (nSPS) is 11.6. The number of thiophene rings is 1.